The summed E-state index contributed by atoms with van der Waals surface area (Å²) in [7, 11) is 1.64. The summed E-state index contributed by atoms with van der Waals surface area (Å²) in [5.41, 5.74) is 3.76. The Morgan fingerprint density at radius 2 is 2.03 bits per heavy atom. The van der Waals surface area contributed by atoms with Gasteiger partial charge >= 0.3 is 0 Å². The first-order valence-corrected chi connectivity index (χ1v) is 10.7. The van der Waals surface area contributed by atoms with Crippen molar-refractivity contribution in [2.45, 2.75) is 52.7 Å². The second-order valence-electron chi connectivity index (χ2n) is 7.87. The Balaban J connectivity index is 1.95. The van der Waals surface area contributed by atoms with Crippen molar-refractivity contribution in [2.24, 2.45) is 0 Å². The molecule has 0 bridgehead atoms. The molecule has 2 aromatic heterocycles. The van der Waals surface area contributed by atoms with Crippen molar-refractivity contribution >= 4 is 10.9 Å². The summed E-state index contributed by atoms with van der Waals surface area (Å²) in [4.78, 5) is 18.0. The van der Waals surface area contributed by atoms with E-state index in [0.29, 0.717) is 38.2 Å². The van der Waals surface area contributed by atoms with Crippen molar-refractivity contribution < 1.29 is 9.84 Å². The smallest absolute Gasteiger partial charge is 0.252 e. The lowest BCUT2D eigenvalue weighted by molar-refractivity contribution is 0.145. The first kappa shape index (κ1) is 23.1. The fraction of sp³-hybridized carbons (Fsp3) is 0.545. The van der Waals surface area contributed by atoms with Crippen LogP contribution in [0.3, 0.4) is 0 Å². The topological polar surface area (TPSA) is 109 Å². The first-order chi connectivity index (χ1) is 15.0. The van der Waals surface area contributed by atoms with Gasteiger partial charge in [-0.15, -0.1) is 5.10 Å². The molecule has 31 heavy (non-hydrogen) atoms. The molecule has 2 heterocycles. The number of benzene rings is 1. The average molecular weight is 429 g/mol. The third-order valence-electron chi connectivity index (χ3n) is 5.70. The highest BCUT2D eigenvalue weighted by atomic mass is 16.5. The molecule has 9 nitrogen and oxygen atoms in total. The zero-order chi connectivity index (χ0) is 22.4. The number of aromatic amines is 1. The van der Waals surface area contributed by atoms with Gasteiger partial charge in [-0.1, -0.05) is 6.92 Å². The summed E-state index contributed by atoms with van der Waals surface area (Å²) in [6.07, 6.45) is 1.36. The van der Waals surface area contributed by atoms with Crippen LogP contribution in [0.4, 0.5) is 0 Å². The van der Waals surface area contributed by atoms with E-state index in [9.17, 15) is 9.90 Å². The zero-order valence-electron chi connectivity index (χ0n) is 18.8. The van der Waals surface area contributed by atoms with Crippen LogP contribution in [-0.2, 0) is 17.8 Å². The Kier molecular flexibility index (Phi) is 7.89. The SMILES string of the molecule is CCC(c1nnnn1CCOC)N(CCCO)Cc1cc2cc(C)c(C)cc2[nH]c1=O. The Hall–Kier alpha value is -2.62. The monoisotopic (exact) mass is 428 g/mol. The number of aromatic nitrogens is 5. The number of aryl methyl sites for hydroxylation is 2. The van der Waals surface area contributed by atoms with E-state index in [2.05, 4.69) is 45.3 Å². The van der Waals surface area contributed by atoms with Crippen molar-refractivity contribution in [2.75, 3.05) is 26.9 Å². The molecule has 0 aliphatic rings. The number of fused-ring (bicyclic) bond motifs is 1. The number of nitrogens with zero attached hydrogens (tertiary/aromatic N) is 5. The summed E-state index contributed by atoms with van der Waals surface area (Å²) in [5, 5.41) is 22.7. The molecule has 0 saturated carbocycles. The largest absolute Gasteiger partial charge is 0.396 e. The van der Waals surface area contributed by atoms with Crippen LogP contribution in [0.5, 0.6) is 0 Å². The fourth-order valence-corrected chi connectivity index (χ4v) is 3.87. The molecule has 0 spiro atoms. The maximum atomic E-state index is 12.9. The lowest BCUT2D eigenvalue weighted by Gasteiger charge is -2.30. The molecule has 0 aliphatic heterocycles. The van der Waals surface area contributed by atoms with Crippen LogP contribution in [0.1, 0.15) is 48.3 Å². The van der Waals surface area contributed by atoms with E-state index in [-0.39, 0.29) is 18.2 Å². The fourth-order valence-electron chi connectivity index (χ4n) is 3.87. The van der Waals surface area contributed by atoms with Gasteiger partial charge in [0, 0.05) is 37.9 Å². The lowest BCUT2D eigenvalue weighted by atomic mass is 10.0. The van der Waals surface area contributed by atoms with Crippen molar-refractivity contribution in [3.63, 3.8) is 0 Å². The van der Waals surface area contributed by atoms with Crippen molar-refractivity contribution in [1.29, 1.82) is 0 Å². The predicted molar refractivity (Wildman–Crippen MR) is 119 cm³/mol. The molecule has 1 aromatic carbocycles. The van der Waals surface area contributed by atoms with E-state index in [1.807, 2.05) is 19.1 Å². The molecule has 9 heteroatoms. The predicted octanol–water partition coefficient (Wildman–Crippen LogP) is 2.11. The first-order valence-electron chi connectivity index (χ1n) is 10.7. The number of pyridine rings is 1. The number of hydrogen-bond donors (Lipinski definition) is 2. The van der Waals surface area contributed by atoms with Crippen LogP contribution in [0.2, 0.25) is 0 Å². The van der Waals surface area contributed by atoms with Gasteiger partial charge in [0.25, 0.3) is 5.56 Å². The van der Waals surface area contributed by atoms with Crippen LogP contribution in [0.15, 0.2) is 23.0 Å². The quantitative estimate of drug-likeness (QED) is 0.481. The van der Waals surface area contributed by atoms with E-state index in [0.717, 1.165) is 28.7 Å². The van der Waals surface area contributed by atoms with E-state index < -0.39 is 0 Å². The summed E-state index contributed by atoms with van der Waals surface area (Å²) in [6, 6.07) is 5.99. The Morgan fingerprint density at radius 3 is 2.74 bits per heavy atom. The molecule has 0 radical (unpaired) electrons. The number of tetrazole rings is 1. The molecule has 2 N–H and O–H groups in total. The van der Waals surface area contributed by atoms with Gasteiger partial charge in [0.1, 0.15) is 0 Å². The lowest BCUT2D eigenvalue weighted by Crippen LogP contribution is -2.34. The highest BCUT2D eigenvalue weighted by Gasteiger charge is 2.25. The van der Waals surface area contributed by atoms with Crippen LogP contribution >= 0.6 is 0 Å². The number of H-pyrrole nitrogens is 1. The highest BCUT2D eigenvalue weighted by molar-refractivity contribution is 5.80. The maximum absolute atomic E-state index is 12.9. The Labute approximate surface area is 182 Å². The van der Waals surface area contributed by atoms with Gasteiger partial charge in [0.2, 0.25) is 0 Å². The second kappa shape index (κ2) is 10.6. The van der Waals surface area contributed by atoms with Crippen LogP contribution in [0.25, 0.3) is 10.9 Å². The molecule has 0 amide bonds. The highest BCUT2D eigenvalue weighted by Crippen LogP contribution is 2.25. The minimum atomic E-state index is -0.0985. The summed E-state index contributed by atoms with van der Waals surface area (Å²) < 4.78 is 6.92. The number of aliphatic hydroxyl groups excluding tert-OH is 1. The van der Waals surface area contributed by atoms with Gasteiger partial charge in [0.05, 0.1) is 19.2 Å². The molecule has 0 fully saturated rings. The van der Waals surface area contributed by atoms with Gasteiger partial charge in [-0.2, -0.15) is 0 Å². The van der Waals surface area contributed by atoms with E-state index in [1.54, 1.807) is 11.8 Å². The average Bonchev–Trinajstić information content (AvgIpc) is 3.21. The molecule has 0 saturated heterocycles. The third-order valence-corrected chi connectivity index (χ3v) is 5.70. The van der Waals surface area contributed by atoms with E-state index >= 15 is 0 Å². The van der Waals surface area contributed by atoms with Gasteiger partial charge < -0.3 is 14.8 Å². The van der Waals surface area contributed by atoms with Gasteiger partial charge in [-0.25, -0.2) is 4.68 Å². The van der Waals surface area contributed by atoms with Crippen molar-refractivity contribution in [3.8, 4) is 0 Å². The zero-order valence-corrected chi connectivity index (χ0v) is 18.8. The number of nitrogens with one attached hydrogen (secondary N) is 1. The van der Waals surface area contributed by atoms with Gasteiger partial charge in [0.15, 0.2) is 5.82 Å². The number of aliphatic hydroxyl groups is 1. The molecule has 0 aliphatic carbocycles. The van der Waals surface area contributed by atoms with Crippen LogP contribution in [0, 0.1) is 13.8 Å². The minimum Gasteiger partial charge on any atom is -0.396 e. The minimum absolute atomic E-state index is 0.0775. The summed E-state index contributed by atoms with van der Waals surface area (Å²) in [5.74, 6) is 0.737. The molecule has 1 atom stereocenters. The second-order valence-corrected chi connectivity index (χ2v) is 7.87. The maximum Gasteiger partial charge on any atom is 0.252 e. The van der Waals surface area contributed by atoms with Crippen LogP contribution < -0.4 is 5.56 Å². The van der Waals surface area contributed by atoms with Gasteiger partial charge in [-0.3, -0.25) is 9.69 Å². The summed E-state index contributed by atoms with van der Waals surface area (Å²) >= 11 is 0. The number of rotatable bonds is 11. The molecule has 3 aromatic rings. The van der Waals surface area contributed by atoms with Crippen molar-refractivity contribution in [3.05, 3.63) is 51.1 Å². The Bertz CT molecular complexity index is 1060. The molecule has 3 rings (SSSR count). The Morgan fingerprint density at radius 1 is 1.26 bits per heavy atom. The number of ether oxygens (including phenoxy) is 1. The third kappa shape index (κ3) is 5.36. The molecule has 168 valence electrons. The number of hydrogen-bond acceptors (Lipinski definition) is 7. The van der Waals surface area contributed by atoms with Gasteiger partial charge in [-0.05, 0) is 71.8 Å². The summed E-state index contributed by atoms with van der Waals surface area (Å²) in [6.45, 7) is 8.38. The standard InChI is InChI=1S/C22H32N6O3/c1-5-20(21-24-25-26-28(21)8-10-31-4)27(7-6-9-29)14-18-13-17-11-15(2)16(3)12-19(17)23-22(18)30/h11-13,20,29H,5-10,14H2,1-4H3,(H,23,30). The molecule has 1 unspecified atom stereocenters. The van der Waals surface area contributed by atoms with Crippen molar-refractivity contribution in [1.82, 2.24) is 30.1 Å². The molecular formula is C22H32N6O3. The van der Waals surface area contributed by atoms with E-state index in [4.69, 9.17) is 4.74 Å². The van der Waals surface area contributed by atoms with Crippen LogP contribution in [-0.4, -0.2) is 62.1 Å². The number of methoxy groups -OCH3 is 1. The normalized spacial score (nSPS) is 12.7. The van der Waals surface area contributed by atoms with E-state index in [1.165, 1.54) is 5.56 Å². The molecular weight excluding hydrogens is 396 g/mol.